The highest BCUT2D eigenvalue weighted by Crippen LogP contribution is 2.30. The van der Waals surface area contributed by atoms with Crippen LogP contribution < -0.4 is 5.32 Å². The summed E-state index contributed by atoms with van der Waals surface area (Å²) in [6.07, 6.45) is 0.835. The normalized spacial score (nSPS) is 25.7. The molecule has 2 aromatic rings. The molecule has 2 heterocycles. The lowest BCUT2D eigenvalue weighted by Crippen LogP contribution is -2.43. The summed E-state index contributed by atoms with van der Waals surface area (Å²) in [4.78, 5) is 14.8. The fourth-order valence-electron chi connectivity index (χ4n) is 3.82. The van der Waals surface area contributed by atoms with Gasteiger partial charge in [0.25, 0.3) is 5.91 Å². The van der Waals surface area contributed by atoms with Gasteiger partial charge < -0.3 is 10.1 Å². The molecule has 4 rings (SSSR count). The number of amides is 1. The Morgan fingerprint density at radius 2 is 1.96 bits per heavy atom. The number of hydrogen-bond donors (Lipinski definition) is 1. The average molecular weight is 375 g/mol. The van der Waals surface area contributed by atoms with Crippen LogP contribution in [0.3, 0.4) is 0 Å². The lowest BCUT2D eigenvalue weighted by molar-refractivity contribution is -0.0502. The van der Waals surface area contributed by atoms with E-state index in [9.17, 15) is 9.18 Å². The number of ether oxygens (including phenoxy) is 1. The molecule has 2 aliphatic rings. The van der Waals surface area contributed by atoms with Gasteiger partial charge in [-0.05, 0) is 24.1 Å². The number of carbonyl (C=O) groups is 1. The van der Waals surface area contributed by atoms with Gasteiger partial charge in [-0.25, -0.2) is 4.39 Å². The number of fused-ring (bicyclic) bond motifs is 1. The van der Waals surface area contributed by atoms with Crippen LogP contribution in [0.1, 0.15) is 28.4 Å². The second-order valence-electron chi connectivity index (χ2n) is 6.84. The second-order valence-corrected chi connectivity index (χ2v) is 7.25. The minimum absolute atomic E-state index is 0.0405. The van der Waals surface area contributed by atoms with E-state index in [-0.39, 0.29) is 28.8 Å². The highest BCUT2D eigenvalue weighted by Gasteiger charge is 2.38. The average Bonchev–Trinajstić information content (AvgIpc) is 3.03. The molecule has 0 aliphatic carbocycles. The fourth-order valence-corrected chi connectivity index (χ4v) is 4.07. The van der Waals surface area contributed by atoms with Crippen molar-refractivity contribution in [2.75, 3.05) is 19.7 Å². The van der Waals surface area contributed by atoms with Gasteiger partial charge in [-0.15, -0.1) is 0 Å². The molecule has 1 amide bonds. The van der Waals surface area contributed by atoms with E-state index in [2.05, 4.69) is 22.3 Å². The van der Waals surface area contributed by atoms with Gasteiger partial charge in [0.15, 0.2) is 0 Å². The smallest absolute Gasteiger partial charge is 0.256 e. The molecule has 0 aromatic heterocycles. The van der Waals surface area contributed by atoms with Crippen molar-refractivity contribution in [1.82, 2.24) is 10.2 Å². The second kappa shape index (κ2) is 7.35. The zero-order valence-electron chi connectivity index (χ0n) is 14.2. The Kier molecular flexibility index (Phi) is 4.94. The van der Waals surface area contributed by atoms with Crippen molar-refractivity contribution in [2.24, 2.45) is 0 Å². The van der Waals surface area contributed by atoms with E-state index >= 15 is 0 Å². The van der Waals surface area contributed by atoms with Crippen molar-refractivity contribution in [3.8, 4) is 0 Å². The third kappa shape index (κ3) is 3.47. The molecule has 6 heteroatoms. The van der Waals surface area contributed by atoms with Gasteiger partial charge in [0.2, 0.25) is 0 Å². The lowest BCUT2D eigenvalue weighted by Gasteiger charge is -2.35. The Morgan fingerprint density at radius 3 is 2.73 bits per heavy atom. The third-order valence-electron chi connectivity index (χ3n) is 5.11. The Balaban J connectivity index is 1.40. The molecule has 2 saturated heterocycles. The number of halogens is 2. The van der Waals surface area contributed by atoms with Gasteiger partial charge in [-0.1, -0.05) is 48.0 Å². The van der Waals surface area contributed by atoms with Gasteiger partial charge >= 0.3 is 0 Å². The van der Waals surface area contributed by atoms with Crippen LogP contribution in [0.2, 0.25) is 5.02 Å². The Labute approximate surface area is 156 Å². The number of rotatable bonds is 3. The summed E-state index contributed by atoms with van der Waals surface area (Å²) >= 11 is 5.99. The summed E-state index contributed by atoms with van der Waals surface area (Å²) in [5, 5.41) is 3.06. The summed E-state index contributed by atoms with van der Waals surface area (Å²) in [7, 11) is 0. The van der Waals surface area contributed by atoms with E-state index in [1.807, 2.05) is 18.2 Å². The molecular weight excluding hydrogens is 355 g/mol. The first-order chi connectivity index (χ1) is 12.6. The predicted molar refractivity (Wildman–Crippen MR) is 97.8 cm³/mol. The van der Waals surface area contributed by atoms with E-state index < -0.39 is 11.7 Å². The van der Waals surface area contributed by atoms with Crippen LogP contribution in [0, 0.1) is 5.82 Å². The van der Waals surface area contributed by atoms with E-state index in [0.29, 0.717) is 6.61 Å². The number of carbonyl (C=O) groups excluding carboxylic acids is 1. The van der Waals surface area contributed by atoms with Crippen LogP contribution >= 0.6 is 11.6 Å². The quantitative estimate of drug-likeness (QED) is 0.895. The van der Waals surface area contributed by atoms with Crippen LogP contribution in [0.4, 0.5) is 4.39 Å². The van der Waals surface area contributed by atoms with E-state index in [1.165, 1.54) is 18.2 Å². The Hall–Kier alpha value is -1.95. The lowest BCUT2D eigenvalue weighted by atomic mass is 10.1. The molecule has 0 radical (unpaired) electrons. The Bertz CT molecular complexity index is 781. The monoisotopic (exact) mass is 374 g/mol. The van der Waals surface area contributed by atoms with Gasteiger partial charge in [0.05, 0.1) is 23.3 Å². The molecule has 0 saturated carbocycles. The van der Waals surface area contributed by atoms with Crippen molar-refractivity contribution in [3.63, 3.8) is 0 Å². The predicted octanol–water partition coefficient (Wildman–Crippen LogP) is 3.42. The summed E-state index contributed by atoms with van der Waals surface area (Å²) in [5.74, 6) is -1.06. The summed E-state index contributed by atoms with van der Waals surface area (Å²) in [6, 6.07) is 14.6. The molecule has 2 aromatic carbocycles. The van der Waals surface area contributed by atoms with Crippen LogP contribution in [0.15, 0.2) is 48.5 Å². The number of nitrogens with zero attached hydrogens (tertiary/aromatic N) is 1. The summed E-state index contributed by atoms with van der Waals surface area (Å²) in [6.45, 7) is 2.16. The maximum Gasteiger partial charge on any atom is 0.256 e. The first kappa shape index (κ1) is 17.5. The van der Waals surface area contributed by atoms with Crippen molar-refractivity contribution in [3.05, 3.63) is 70.5 Å². The number of hydrogen-bond acceptors (Lipinski definition) is 3. The zero-order valence-corrected chi connectivity index (χ0v) is 15.0. The standard InChI is InChI=1S/C20H20ClFN2O2/c21-16-7-4-8-17(22)19(16)20(25)23-14-9-15-12-26-18(11-24(15)10-14)13-5-2-1-3-6-13/h1-8,14-15,18H,9-12H2,(H,23,25)/t14-,15-,18+/m0/s1. The molecule has 4 nitrogen and oxygen atoms in total. The maximum atomic E-state index is 13.9. The van der Waals surface area contributed by atoms with Crippen LogP contribution in [0.25, 0.3) is 0 Å². The zero-order chi connectivity index (χ0) is 18.1. The topological polar surface area (TPSA) is 41.6 Å². The van der Waals surface area contributed by atoms with E-state index in [0.717, 1.165) is 25.1 Å². The first-order valence-electron chi connectivity index (χ1n) is 8.77. The molecule has 136 valence electrons. The molecule has 2 fully saturated rings. The minimum Gasteiger partial charge on any atom is -0.371 e. The summed E-state index contributed by atoms with van der Waals surface area (Å²) < 4.78 is 20.0. The molecule has 0 spiro atoms. The van der Waals surface area contributed by atoms with Crippen molar-refractivity contribution in [1.29, 1.82) is 0 Å². The van der Waals surface area contributed by atoms with Crippen LogP contribution in [-0.2, 0) is 4.74 Å². The van der Waals surface area contributed by atoms with Gasteiger partial charge in [-0.3, -0.25) is 9.69 Å². The third-order valence-corrected chi connectivity index (χ3v) is 5.43. The van der Waals surface area contributed by atoms with Crippen molar-refractivity contribution in [2.45, 2.75) is 24.6 Å². The fraction of sp³-hybridized carbons (Fsp3) is 0.350. The largest absolute Gasteiger partial charge is 0.371 e. The first-order valence-corrected chi connectivity index (χ1v) is 9.15. The van der Waals surface area contributed by atoms with Crippen LogP contribution in [0.5, 0.6) is 0 Å². The molecule has 1 N–H and O–H groups in total. The van der Waals surface area contributed by atoms with Gasteiger partial charge in [0.1, 0.15) is 5.82 Å². The molecule has 3 atom stereocenters. The number of morpholine rings is 1. The number of nitrogens with one attached hydrogen (secondary N) is 1. The molecule has 0 unspecified atom stereocenters. The maximum absolute atomic E-state index is 13.9. The SMILES string of the molecule is O=C(N[C@H]1C[C@H]2CO[C@@H](c3ccccc3)CN2C1)c1c(F)cccc1Cl. The molecule has 26 heavy (non-hydrogen) atoms. The van der Waals surface area contributed by atoms with Crippen molar-refractivity contribution >= 4 is 17.5 Å². The van der Waals surface area contributed by atoms with Crippen molar-refractivity contribution < 1.29 is 13.9 Å². The van der Waals surface area contributed by atoms with Gasteiger partial charge in [0, 0.05) is 25.2 Å². The molecule has 0 bridgehead atoms. The highest BCUT2D eigenvalue weighted by molar-refractivity contribution is 6.33. The number of benzene rings is 2. The van der Waals surface area contributed by atoms with E-state index in [1.54, 1.807) is 0 Å². The highest BCUT2D eigenvalue weighted by atomic mass is 35.5. The van der Waals surface area contributed by atoms with E-state index in [4.69, 9.17) is 16.3 Å². The summed E-state index contributed by atoms with van der Waals surface area (Å²) in [5.41, 5.74) is 1.08. The molecule has 2 aliphatic heterocycles. The minimum atomic E-state index is -0.599. The van der Waals surface area contributed by atoms with Gasteiger partial charge in [-0.2, -0.15) is 0 Å². The Morgan fingerprint density at radius 1 is 1.15 bits per heavy atom. The molecular formula is C20H20ClFN2O2. The van der Waals surface area contributed by atoms with Crippen LogP contribution in [-0.4, -0.2) is 42.6 Å².